The molecule has 1 heterocycles. The van der Waals surface area contributed by atoms with Gasteiger partial charge < -0.3 is 9.84 Å². The van der Waals surface area contributed by atoms with Gasteiger partial charge in [-0.05, 0) is 27.2 Å². The minimum Gasteiger partial charge on any atom is -0.387 e. The van der Waals surface area contributed by atoms with Gasteiger partial charge in [-0.25, -0.2) is 4.68 Å². The zero-order chi connectivity index (χ0) is 12.2. The van der Waals surface area contributed by atoms with Crippen molar-refractivity contribution in [3.05, 3.63) is 11.9 Å². The molecule has 0 radical (unpaired) electrons. The van der Waals surface area contributed by atoms with Gasteiger partial charge >= 0.3 is 0 Å². The van der Waals surface area contributed by atoms with Crippen LogP contribution in [0.2, 0.25) is 0 Å². The van der Waals surface area contributed by atoms with E-state index in [2.05, 4.69) is 10.3 Å². The molecule has 0 spiro atoms. The van der Waals surface area contributed by atoms with Gasteiger partial charge in [-0.3, -0.25) is 0 Å². The molecule has 0 saturated heterocycles. The molecular weight excluding hydrogens is 206 g/mol. The van der Waals surface area contributed by atoms with E-state index < -0.39 is 6.10 Å². The van der Waals surface area contributed by atoms with E-state index in [9.17, 15) is 5.11 Å². The molecule has 0 fully saturated rings. The highest BCUT2D eigenvalue weighted by Gasteiger charge is 2.11. The Hall–Kier alpha value is -0.940. The Morgan fingerprint density at radius 1 is 1.50 bits per heavy atom. The van der Waals surface area contributed by atoms with Crippen LogP contribution in [-0.4, -0.2) is 32.3 Å². The van der Waals surface area contributed by atoms with Gasteiger partial charge in [-0.2, -0.15) is 0 Å². The maximum Gasteiger partial charge on any atom is 0.111 e. The molecule has 92 valence electrons. The summed E-state index contributed by atoms with van der Waals surface area (Å²) in [6, 6.07) is 0. The van der Waals surface area contributed by atoms with Gasteiger partial charge in [-0.15, -0.1) is 5.10 Å². The fraction of sp³-hybridized carbons (Fsp3) is 0.818. The topological polar surface area (TPSA) is 60.2 Å². The zero-order valence-corrected chi connectivity index (χ0v) is 10.5. The number of ether oxygens (including phenoxy) is 1. The van der Waals surface area contributed by atoms with Crippen LogP contribution in [0, 0.1) is 0 Å². The molecule has 0 saturated carbocycles. The fourth-order valence-corrected chi connectivity index (χ4v) is 1.23. The molecule has 1 rings (SSSR count). The molecule has 1 N–H and O–H groups in total. The first-order valence-corrected chi connectivity index (χ1v) is 5.64. The average Bonchev–Trinajstić information content (AvgIpc) is 2.63. The Balaban J connectivity index is 2.41. The highest BCUT2D eigenvalue weighted by molar-refractivity contribution is 4.96. The lowest BCUT2D eigenvalue weighted by Crippen LogP contribution is -2.22. The summed E-state index contributed by atoms with van der Waals surface area (Å²) < 4.78 is 7.27. The van der Waals surface area contributed by atoms with Gasteiger partial charge in [0.15, 0.2) is 0 Å². The SMILES string of the molecule is CCC(O)c1cn(CCOC(C)(C)C)nn1. The van der Waals surface area contributed by atoms with E-state index >= 15 is 0 Å². The van der Waals surface area contributed by atoms with Crippen LogP contribution in [0.3, 0.4) is 0 Å². The predicted molar refractivity (Wildman–Crippen MR) is 61.0 cm³/mol. The van der Waals surface area contributed by atoms with Crippen LogP contribution in [-0.2, 0) is 11.3 Å². The summed E-state index contributed by atoms with van der Waals surface area (Å²) in [5.74, 6) is 0. The zero-order valence-electron chi connectivity index (χ0n) is 10.5. The normalized spacial score (nSPS) is 14.1. The summed E-state index contributed by atoms with van der Waals surface area (Å²) in [4.78, 5) is 0. The van der Waals surface area contributed by atoms with E-state index in [4.69, 9.17) is 4.74 Å². The predicted octanol–water partition coefficient (Wildman–Crippen LogP) is 1.54. The lowest BCUT2D eigenvalue weighted by Gasteiger charge is -2.19. The van der Waals surface area contributed by atoms with Crippen molar-refractivity contribution in [1.29, 1.82) is 0 Å². The highest BCUT2D eigenvalue weighted by Crippen LogP contribution is 2.12. The van der Waals surface area contributed by atoms with Crippen molar-refractivity contribution < 1.29 is 9.84 Å². The maximum absolute atomic E-state index is 9.55. The van der Waals surface area contributed by atoms with Crippen molar-refractivity contribution >= 4 is 0 Å². The Labute approximate surface area is 96.4 Å². The van der Waals surface area contributed by atoms with E-state index in [1.54, 1.807) is 10.9 Å². The van der Waals surface area contributed by atoms with Crippen LogP contribution in [0.1, 0.15) is 45.9 Å². The molecule has 1 atom stereocenters. The van der Waals surface area contributed by atoms with E-state index in [0.29, 0.717) is 25.3 Å². The summed E-state index contributed by atoms with van der Waals surface area (Å²) in [5, 5.41) is 17.4. The van der Waals surface area contributed by atoms with Gasteiger partial charge in [-0.1, -0.05) is 12.1 Å². The Bertz CT molecular complexity index is 317. The number of rotatable bonds is 5. The smallest absolute Gasteiger partial charge is 0.111 e. The highest BCUT2D eigenvalue weighted by atomic mass is 16.5. The van der Waals surface area contributed by atoms with Crippen LogP contribution < -0.4 is 0 Å². The summed E-state index contributed by atoms with van der Waals surface area (Å²) in [7, 11) is 0. The molecule has 16 heavy (non-hydrogen) atoms. The molecule has 0 amide bonds. The molecule has 0 aliphatic rings. The number of aliphatic hydroxyl groups is 1. The third-order valence-electron chi connectivity index (χ3n) is 2.14. The van der Waals surface area contributed by atoms with Crippen LogP contribution in [0.4, 0.5) is 0 Å². The van der Waals surface area contributed by atoms with Crippen molar-refractivity contribution in [2.24, 2.45) is 0 Å². The first-order chi connectivity index (χ1) is 7.42. The van der Waals surface area contributed by atoms with E-state index in [1.807, 2.05) is 27.7 Å². The fourth-order valence-electron chi connectivity index (χ4n) is 1.23. The molecule has 1 unspecified atom stereocenters. The van der Waals surface area contributed by atoms with Crippen LogP contribution >= 0.6 is 0 Å². The molecule has 1 aromatic rings. The molecular formula is C11H21N3O2. The lowest BCUT2D eigenvalue weighted by molar-refractivity contribution is -0.00806. The van der Waals surface area contributed by atoms with E-state index in [0.717, 1.165) is 0 Å². The summed E-state index contributed by atoms with van der Waals surface area (Å²) in [5.41, 5.74) is 0.491. The number of aliphatic hydroxyl groups excluding tert-OH is 1. The number of hydrogen-bond acceptors (Lipinski definition) is 4. The Morgan fingerprint density at radius 2 is 2.19 bits per heavy atom. The third kappa shape index (κ3) is 4.28. The summed E-state index contributed by atoms with van der Waals surface area (Å²) >= 11 is 0. The molecule has 0 aliphatic carbocycles. The first-order valence-electron chi connectivity index (χ1n) is 5.64. The molecule has 1 aromatic heterocycles. The molecule has 5 nitrogen and oxygen atoms in total. The second-order valence-electron chi connectivity index (χ2n) is 4.79. The Kier molecular flexibility index (Phi) is 4.44. The van der Waals surface area contributed by atoms with Crippen LogP contribution in [0.15, 0.2) is 6.20 Å². The van der Waals surface area contributed by atoms with Crippen molar-refractivity contribution in [3.8, 4) is 0 Å². The van der Waals surface area contributed by atoms with Gasteiger partial charge in [0.1, 0.15) is 5.69 Å². The van der Waals surface area contributed by atoms with Crippen molar-refractivity contribution in [3.63, 3.8) is 0 Å². The molecule has 0 bridgehead atoms. The minimum absolute atomic E-state index is 0.133. The number of nitrogens with zero attached hydrogens (tertiary/aromatic N) is 3. The van der Waals surface area contributed by atoms with Gasteiger partial charge in [0.05, 0.1) is 31.1 Å². The monoisotopic (exact) mass is 227 g/mol. The maximum atomic E-state index is 9.55. The second-order valence-corrected chi connectivity index (χ2v) is 4.79. The molecule has 5 heteroatoms. The third-order valence-corrected chi connectivity index (χ3v) is 2.14. The second kappa shape index (κ2) is 5.41. The number of hydrogen-bond donors (Lipinski definition) is 1. The van der Waals surface area contributed by atoms with Gasteiger partial charge in [0, 0.05) is 0 Å². The average molecular weight is 227 g/mol. The van der Waals surface area contributed by atoms with Crippen molar-refractivity contribution in [2.75, 3.05) is 6.61 Å². The van der Waals surface area contributed by atoms with E-state index in [1.165, 1.54) is 0 Å². The molecule has 0 aliphatic heterocycles. The van der Waals surface area contributed by atoms with E-state index in [-0.39, 0.29) is 5.60 Å². The quantitative estimate of drug-likeness (QED) is 0.828. The first kappa shape index (κ1) is 13.1. The van der Waals surface area contributed by atoms with Gasteiger partial charge in [0.25, 0.3) is 0 Å². The number of aromatic nitrogens is 3. The largest absolute Gasteiger partial charge is 0.387 e. The molecule has 0 aromatic carbocycles. The van der Waals surface area contributed by atoms with Crippen molar-refractivity contribution in [1.82, 2.24) is 15.0 Å². The van der Waals surface area contributed by atoms with Crippen LogP contribution in [0.25, 0.3) is 0 Å². The van der Waals surface area contributed by atoms with Crippen LogP contribution in [0.5, 0.6) is 0 Å². The van der Waals surface area contributed by atoms with Gasteiger partial charge in [0.2, 0.25) is 0 Å². The van der Waals surface area contributed by atoms with Crippen molar-refractivity contribution in [2.45, 2.75) is 52.4 Å². The summed E-state index contributed by atoms with van der Waals surface area (Å²) in [6.45, 7) is 9.20. The minimum atomic E-state index is -0.516. The Morgan fingerprint density at radius 3 is 2.75 bits per heavy atom. The summed E-state index contributed by atoms with van der Waals surface area (Å²) in [6.07, 6.45) is 1.90. The lowest BCUT2D eigenvalue weighted by atomic mass is 10.2. The standard InChI is InChI=1S/C11H21N3O2/c1-5-10(15)9-8-14(13-12-9)6-7-16-11(2,3)4/h8,10,15H,5-7H2,1-4H3.